The molecule has 1 aliphatic heterocycles. The van der Waals surface area contributed by atoms with Crippen LogP contribution in [0.5, 0.6) is 0 Å². The molecular weight excluding hydrogens is 188 g/mol. The number of nitrogens with one attached hydrogen (secondary N) is 1. The molecule has 0 saturated heterocycles. The molecular formula is C12H16N2O. The van der Waals surface area contributed by atoms with Crippen molar-refractivity contribution in [3.8, 4) is 0 Å². The van der Waals surface area contributed by atoms with Crippen LogP contribution in [0.1, 0.15) is 18.1 Å². The van der Waals surface area contributed by atoms with Crippen molar-refractivity contribution in [2.45, 2.75) is 26.8 Å². The first kappa shape index (κ1) is 10.0. The topological polar surface area (TPSA) is 32.3 Å². The molecule has 0 bridgehead atoms. The molecule has 1 heterocycles. The molecule has 2 rings (SSSR count). The van der Waals surface area contributed by atoms with Gasteiger partial charge in [0.1, 0.15) is 6.04 Å². The first-order valence-electron chi connectivity index (χ1n) is 5.16. The van der Waals surface area contributed by atoms with E-state index in [1.165, 1.54) is 11.1 Å². The smallest absolute Gasteiger partial charge is 0.248 e. The minimum absolute atomic E-state index is 0.116. The molecule has 0 unspecified atom stereocenters. The van der Waals surface area contributed by atoms with E-state index in [-0.39, 0.29) is 11.9 Å². The summed E-state index contributed by atoms with van der Waals surface area (Å²) < 4.78 is 0. The van der Waals surface area contributed by atoms with Gasteiger partial charge in [0.15, 0.2) is 0 Å². The van der Waals surface area contributed by atoms with Crippen LogP contribution >= 0.6 is 0 Å². The lowest BCUT2D eigenvalue weighted by Crippen LogP contribution is -2.43. The van der Waals surface area contributed by atoms with Crippen molar-refractivity contribution in [3.05, 3.63) is 23.3 Å². The van der Waals surface area contributed by atoms with Gasteiger partial charge in [0, 0.05) is 7.05 Å². The van der Waals surface area contributed by atoms with Crippen molar-refractivity contribution in [1.29, 1.82) is 0 Å². The lowest BCUT2D eigenvalue weighted by atomic mass is 10.0. The van der Waals surface area contributed by atoms with Crippen molar-refractivity contribution < 1.29 is 4.79 Å². The standard InChI is InChI=1S/C12H16N2O/c1-7-5-10-11(6-8(7)2)14(4)12(15)9(3)13-10/h5-6,9,13H,1-4H3/t9-/m0/s1. The Morgan fingerprint density at radius 2 is 1.87 bits per heavy atom. The quantitative estimate of drug-likeness (QED) is 0.701. The Hall–Kier alpha value is -1.51. The highest BCUT2D eigenvalue weighted by Crippen LogP contribution is 2.32. The number of carbonyl (C=O) groups excluding carboxylic acids is 1. The van der Waals surface area contributed by atoms with E-state index in [0.717, 1.165) is 11.4 Å². The number of anilines is 2. The highest BCUT2D eigenvalue weighted by Gasteiger charge is 2.26. The molecule has 0 saturated carbocycles. The van der Waals surface area contributed by atoms with E-state index in [1.54, 1.807) is 4.90 Å². The van der Waals surface area contributed by atoms with E-state index >= 15 is 0 Å². The monoisotopic (exact) mass is 204 g/mol. The summed E-state index contributed by atoms with van der Waals surface area (Å²) in [5, 5.41) is 3.22. The minimum atomic E-state index is -0.135. The second-order valence-electron chi connectivity index (χ2n) is 4.22. The normalized spacial score (nSPS) is 19.9. The number of hydrogen-bond donors (Lipinski definition) is 1. The molecule has 1 aromatic carbocycles. The molecule has 1 aromatic rings. The van der Waals surface area contributed by atoms with Crippen molar-refractivity contribution in [2.75, 3.05) is 17.3 Å². The molecule has 80 valence electrons. The SMILES string of the molecule is Cc1cc2c(cc1C)N(C)C(=O)[C@H](C)N2. The van der Waals surface area contributed by atoms with Crippen LogP contribution in [0.15, 0.2) is 12.1 Å². The van der Waals surface area contributed by atoms with Crippen molar-refractivity contribution in [3.63, 3.8) is 0 Å². The zero-order valence-corrected chi connectivity index (χ0v) is 9.59. The summed E-state index contributed by atoms with van der Waals surface area (Å²) in [5.41, 5.74) is 4.48. The van der Waals surface area contributed by atoms with Gasteiger partial charge < -0.3 is 10.2 Å². The highest BCUT2D eigenvalue weighted by atomic mass is 16.2. The fraction of sp³-hybridized carbons (Fsp3) is 0.417. The average molecular weight is 204 g/mol. The number of nitrogens with zero attached hydrogens (tertiary/aromatic N) is 1. The second kappa shape index (κ2) is 3.26. The van der Waals surface area contributed by atoms with Gasteiger partial charge in [-0.15, -0.1) is 0 Å². The summed E-state index contributed by atoms with van der Waals surface area (Å²) in [4.78, 5) is 13.5. The maximum absolute atomic E-state index is 11.7. The molecule has 1 aliphatic rings. The van der Waals surface area contributed by atoms with Crippen LogP contribution in [-0.4, -0.2) is 19.0 Å². The molecule has 3 heteroatoms. The number of aryl methyl sites for hydroxylation is 2. The van der Waals surface area contributed by atoms with Crippen LogP contribution in [-0.2, 0) is 4.79 Å². The third-order valence-corrected chi connectivity index (χ3v) is 3.05. The summed E-state index contributed by atoms with van der Waals surface area (Å²) in [7, 11) is 1.83. The number of carbonyl (C=O) groups is 1. The van der Waals surface area contributed by atoms with Crippen LogP contribution in [0.4, 0.5) is 11.4 Å². The summed E-state index contributed by atoms with van der Waals surface area (Å²) in [6.07, 6.45) is 0. The number of likely N-dealkylation sites (N-methyl/N-ethyl adjacent to an activating group) is 1. The predicted octanol–water partition coefficient (Wildman–Crippen LogP) is 2.08. The molecule has 3 nitrogen and oxygen atoms in total. The Balaban J connectivity index is 2.56. The van der Waals surface area contributed by atoms with E-state index in [1.807, 2.05) is 14.0 Å². The number of amides is 1. The van der Waals surface area contributed by atoms with Gasteiger partial charge in [-0.25, -0.2) is 0 Å². The lowest BCUT2D eigenvalue weighted by Gasteiger charge is -2.32. The van der Waals surface area contributed by atoms with Gasteiger partial charge in [0.2, 0.25) is 5.91 Å². The molecule has 1 atom stereocenters. The van der Waals surface area contributed by atoms with Gasteiger partial charge in [-0.3, -0.25) is 4.79 Å². The van der Waals surface area contributed by atoms with Gasteiger partial charge >= 0.3 is 0 Å². The number of fused-ring (bicyclic) bond motifs is 1. The molecule has 0 fully saturated rings. The average Bonchev–Trinajstić information content (AvgIpc) is 2.19. The van der Waals surface area contributed by atoms with Gasteiger partial charge in [-0.2, -0.15) is 0 Å². The lowest BCUT2D eigenvalue weighted by molar-refractivity contribution is -0.118. The van der Waals surface area contributed by atoms with Gasteiger partial charge in [0.25, 0.3) is 0 Å². The largest absolute Gasteiger partial charge is 0.372 e. The minimum Gasteiger partial charge on any atom is -0.372 e. The zero-order valence-electron chi connectivity index (χ0n) is 9.59. The maximum atomic E-state index is 11.7. The van der Waals surface area contributed by atoms with E-state index in [4.69, 9.17) is 0 Å². The van der Waals surface area contributed by atoms with E-state index < -0.39 is 0 Å². The zero-order chi connectivity index (χ0) is 11.2. The van der Waals surface area contributed by atoms with E-state index in [0.29, 0.717) is 0 Å². The Morgan fingerprint density at radius 1 is 1.27 bits per heavy atom. The predicted molar refractivity (Wildman–Crippen MR) is 62.4 cm³/mol. The highest BCUT2D eigenvalue weighted by molar-refractivity contribution is 6.04. The summed E-state index contributed by atoms with van der Waals surface area (Å²) in [5.74, 6) is 0.116. The summed E-state index contributed by atoms with van der Waals surface area (Å²) in [6.45, 7) is 6.03. The Labute approximate surface area is 90.1 Å². The molecule has 0 spiro atoms. The second-order valence-corrected chi connectivity index (χ2v) is 4.22. The van der Waals surface area contributed by atoms with Crippen LogP contribution in [0.2, 0.25) is 0 Å². The van der Waals surface area contributed by atoms with Crippen LogP contribution < -0.4 is 10.2 Å². The van der Waals surface area contributed by atoms with Crippen LogP contribution in [0.3, 0.4) is 0 Å². The fourth-order valence-electron chi connectivity index (χ4n) is 1.90. The summed E-state index contributed by atoms with van der Waals surface area (Å²) >= 11 is 0. The van der Waals surface area contributed by atoms with Gasteiger partial charge in [0.05, 0.1) is 11.4 Å². The van der Waals surface area contributed by atoms with E-state index in [2.05, 4.69) is 31.3 Å². The van der Waals surface area contributed by atoms with Gasteiger partial charge in [-0.05, 0) is 44.0 Å². The fourth-order valence-corrected chi connectivity index (χ4v) is 1.90. The van der Waals surface area contributed by atoms with Crippen LogP contribution in [0, 0.1) is 13.8 Å². The number of rotatable bonds is 0. The molecule has 0 radical (unpaired) electrons. The maximum Gasteiger partial charge on any atom is 0.248 e. The molecule has 0 aromatic heterocycles. The third-order valence-electron chi connectivity index (χ3n) is 3.05. The Morgan fingerprint density at radius 3 is 2.53 bits per heavy atom. The van der Waals surface area contributed by atoms with Gasteiger partial charge in [-0.1, -0.05) is 0 Å². The molecule has 15 heavy (non-hydrogen) atoms. The molecule has 1 N–H and O–H groups in total. The van der Waals surface area contributed by atoms with Crippen molar-refractivity contribution in [2.24, 2.45) is 0 Å². The van der Waals surface area contributed by atoms with Crippen molar-refractivity contribution in [1.82, 2.24) is 0 Å². The Kier molecular flexibility index (Phi) is 2.18. The Bertz CT molecular complexity index is 426. The first-order chi connectivity index (χ1) is 7.00. The van der Waals surface area contributed by atoms with Crippen molar-refractivity contribution >= 4 is 17.3 Å². The number of benzene rings is 1. The number of hydrogen-bond acceptors (Lipinski definition) is 2. The first-order valence-corrected chi connectivity index (χ1v) is 5.16. The third kappa shape index (κ3) is 1.48. The molecule has 0 aliphatic carbocycles. The van der Waals surface area contributed by atoms with Crippen LogP contribution in [0.25, 0.3) is 0 Å². The molecule has 1 amide bonds. The van der Waals surface area contributed by atoms with E-state index in [9.17, 15) is 4.79 Å². The summed E-state index contributed by atoms with van der Waals surface area (Å²) in [6, 6.07) is 4.02.